The number of fused-ring (bicyclic) bond motifs is 1. The highest BCUT2D eigenvalue weighted by Crippen LogP contribution is 2.46. The van der Waals surface area contributed by atoms with Crippen molar-refractivity contribution in [2.24, 2.45) is 0 Å². The normalized spacial score (nSPS) is 20.8. The number of benzene rings is 2. The maximum atomic E-state index is 13.1. The molecule has 4 rings (SSSR count). The molecule has 1 aliphatic heterocycles. The van der Waals surface area contributed by atoms with Crippen molar-refractivity contribution in [1.29, 1.82) is 0 Å². The molecule has 0 spiro atoms. The van der Waals surface area contributed by atoms with Crippen LogP contribution < -0.4 is 10.6 Å². The van der Waals surface area contributed by atoms with Crippen LogP contribution in [-0.4, -0.2) is 12.5 Å². The van der Waals surface area contributed by atoms with Gasteiger partial charge in [0.2, 0.25) is 5.91 Å². The van der Waals surface area contributed by atoms with Gasteiger partial charge in [-0.3, -0.25) is 4.79 Å². The fourth-order valence-corrected chi connectivity index (χ4v) is 3.86. The highest BCUT2D eigenvalue weighted by molar-refractivity contribution is 5.86. The van der Waals surface area contributed by atoms with Crippen LogP contribution in [0, 0.1) is 0 Å². The molecule has 1 atom stereocenters. The fourth-order valence-electron chi connectivity index (χ4n) is 3.86. The summed E-state index contributed by atoms with van der Waals surface area (Å²) in [4.78, 5) is 13.1. The lowest BCUT2D eigenvalue weighted by molar-refractivity contribution is -0.123. The van der Waals surface area contributed by atoms with E-state index in [0.717, 1.165) is 19.4 Å². The summed E-state index contributed by atoms with van der Waals surface area (Å²) in [6.07, 6.45) is 2.06. The zero-order valence-electron chi connectivity index (χ0n) is 15.0. The first-order valence-corrected chi connectivity index (χ1v) is 9.30. The maximum absolute atomic E-state index is 13.1. The summed E-state index contributed by atoms with van der Waals surface area (Å²) in [5.74, 6) is 0.547. The van der Waals surface area contributed by atoms with Crippen molar-refractivity contribution in [1.82, 2.24) is 10.6 Å². The Bertz CT molecular complexity index is 778. The third-order valence-corrected chi connectivity index (χ3v) is 5.63. The Morgan fingerprint density at radius 2 is 1.92 bits per heavy atom. The quantitative estimate of drug-likeness (QED) is 0.893. The third-order valence-electron chi connectivity index (χ3n) is 5.63. The Balaban J connectivity index is 1.56. The molecule has 3 nitrogen and oxygen atoms in total. The van der Waals surface area contributed by atoms with Gasteiger partial charge in [-0.2, -0.15) is 0 Å². The number of carbonyl (C=O) groups excluding carboxylic acids is 1. The predicted molar refractivity (Wildman–Crippen MR) is 100 cm³/mol. The molecule has 1 heterocycles. The van der Waals surface area contributed by atoms with Gasteiger partial charge in [-0.15, -0.1) is 0 Å². The molecule has 0 saturated heterocycles. The molecule has 130 valence electrons. The number of amides is 1. The van der Waals surface area contributed by atoms with Gasteiger partial charge in [0.05, 0.1) is 11.5 Å². The molecule has 0 bridgehead atoms. The molecule has 0 aromatic heterocycles. The first-order valence-electron chi connectivity index (χ1n) is 9.30. The van der Waals surface area contributed by atoms with E-state index in [-0.39, 0.29) is 17.4 Å². The molecule has 2 aromatic carbocycles. The topological polar surface area (TPSA) is 41.1 Å². The summed E-state index contributed by atoms with van der Waals surface area (Å²) in [5.41, 5.74) is 4.87. The summed E-state index contributed by atoms with van der Waals surface area (Å²) in [6.45, 7) is 5.98. The summed E-state index contributed by atoms with van der Waals surface area (Å²) in [6, 6.07) is 17.0. The van der Waals surface area contributed by atoms with E-state index in [1.165, 1.54) is 22.3 Å². The van der Waals surface area contributed by atoms with E-state index in [2.05, 4.69) is 54.8 Å². The maximum Gasteiger partial charge on any atom is 0.229 e. The summed E-state index contributed by atoms with van der Waals surface area (Å²) in [5, 5.41) is 6.78. The van der Waals surface area contributed by atoms with Gasteiger partial charge in [-0.25, -0.2) is 0 Å². The Morgan fingerprint density at radius 3 is 2.60 bits per heavy atom. The summed E-state index contributed by atoms with van der Waals surface area (Å²) >= 11 is 0. The van der Waals surface area contributed by atoms with Gasteiger partial charge in [0.15, 0.2) is 0 Å². The van der Waals surface area contributed by atoms with E-state index in [0.29, 0.717) is 12.5 Å². The largest absolute Gasteiger partial charge is 0.346 e. The Labute approximate surface area is 149 Å². The van der Waals surface area contributed by atoms with Crippen LogP contribution in [-0.2, 0) is 16.9 Å². The van der Waals surface area contributed by atoms with Crippen LogP contribution >= 0.6 is 0 Å². The first-order chi connectivity index (χ1) is 12.1. The van der Waals surface area contributed by atoms with E-state index in [1.807, 2.05) is 18.2 Å². The Hall–Kier alpha value is -2.13. The second-order valence-corrected chi connectivity index (χ2v) is 7.73. The number of hydrogen-bond donors (Lipinski definition) is 2. The molecule has 1 amide bonds. The molecular formula is C22H26N2O. The molecule has 1 saturated carbocycles. The zero-order chi connectivity index (χ0) is 17.4. The van der Waals surface area contributed by atoms with Crippen molar-refractivity contribution < 1.29 is 4.79 Å². The fraction of sp³-hybridized carbons (Fsp3) is 0.409. The van der Waals surface area contributed by atoms with E-state index < -0.39 is 0 Å². The minimum atomic E-state index is -0.145. The number of nitrogens with one attached hydrogen (secondary N) is 2. The minimum absolute atomic E-state index is 0.105. The van der Waals surface area contributed by atoms with Crippen molar-refractivity contribution in [3.63, 3.8) is 0 Å². The molecule has 1 fully saturated rings. The van der Waals surface area contributed by atoms with E-state index in [9.17, 15) is 4.79 Å². The highest BCUT2D eigenvalue weighted by atomic mass is 16.2. The molecule has 2 aromatic rings. The van der Waals surface area contributed by atoms with Gasteiger partial charge in [-0.05, 0) is 41.0 Å². The van der Waals surface area contributed by atoms with Crippen molar-refractivity contribution in [2.45, 2.75) is 50.6 Å². The number of rotatable bonds is 4. The standard InChI is InChI=1S/C22H26N2O/c1-15(2)16-8-9-19-17(12-16)13-23-14-20(19)21(25)24-22(10-11-22)18-6-4-3-5-7-18/h3-9,12,15,20,23H,10-11,13-14H2,1-2H3,(H,24,25). The van der Waals surface area contributed by atoms with E-state index in [4.69, 9.17) is 0 Å². The molecule has 1 aliphatic carbocycles. The monoisotopic (exact) mass is 334 g/mol. The van der Waals surface area contributed by atoms with E-state index in [1.54, 1.807) is 0 Å². The summed E-state index contributed by atoms with van der Waals surface area (Å²) < 4.78 is 0. The van der Waals surface area contributed by atoms with Crippen LogP contribution in [0.5, 0.6) is 0 Å². The molecule has 2 aliphatic rings. The van der Waals surface area contributed by atoms with Crippen LogP contribution in [0.2, 0.25) is 0 Å². The van der Waals surface area contributed by atoms with Gasteiger partial charge >= 0.3 is 0 Å². The smallest absolute Gasteiger partial charge is 0.229 e. The first kappa shape index (κ1) is 16.3. The molecule has 3 heteroatoms. The van der Waals surface area contributed by atoms with Crippen LogP contribution in [0.3, 0.4) is 0 Å². The third kappa shape index (κ3) is 3.09. The number of carbonyl (C=O) groups is 1. The van der Waals surface area contributed by atoms with Gasteiger partial charge in [0, 0.05) is 13.1 Å². The van der Waals surface area contributed by atoms with Crippen LogP contribution in [0.4, 0.5) is 0 Å². The Kier molecular flexibility index (Phi) is 4.12. The van der Waals surface area contributed by atoms with Gasteiger partial charge < -0.3 is 10.6 Å². The second-order valence-electron chi connectivity index (χ2n) is 7.73. The average molecular weight is 334 g/mol. The molecule has 25 heavy (non-hydrogen) atoms. The molecular weight excluding hydrogens is 308 g/mol. The lowest BCUT2D eigenvalue weighted by Gasteiger charge is -2.29. The lowest BCUT2D eigenvalue weighted by Crippen LogP contribution is -2.43. The van der Waals surface area contributed by atoms with Crippen LogP contribution in [0.15, 0.2) is 48.5 Å². The molecule has 0 radical (unpaired) electrons. The minimum Gasteiger partial charge on any atom is -0.346 e. The van der Waals surface area contributed by atoms with Crippen LogP contribution in [0.25, 0.3) is 0 Å². The molecule has 1 unspecified atom stereocenters. The lowest BCUT2D eigenvalue weighted by atomic mass is 9.87. The SMILES string of the molecule is CC(C)c1ccc2c(c1)CNCC2C(=O)NC1(c2ccccc2)CC1. The number of hydrogen-bond acceptors (Lipinski definition) is 2. The van der Waals surface area contributed by atoms with Crippen molar-refractivity contribution in [3.05, 3.63) is 70.8 Å². The van der Waals surface area contributed by atoms with E-state index >= 15 is 0 Å². The van der Waals surface area contributed by atoms with Gasteiger partial charge in [0.1, 0.15) is 0 Å². The van der Waals surface area contributed by atoms with Gasteiger partial charge in [-0.1, -0.05) is 62.4 Å². The van der Waals surface area contributed by atoms with Crippen molar-refractivity contribution in [2.75, 3.05) is 6.54 Å². The summed E-state index contributed by atoms with van der Waals surface area (Å²) in [7, 11) is 0. The average Bonchev–Trinajstić information content (AvgIpc) is 3.42. The highest BCUT2D eigenvalue weighted by Gasteiger charge is 2.46. The van der Waals surface area contributed by atoms with Gasteiger partial charge in [0.25, 0.3) is 0 Å². The zero-order valence-corrected chi connectivity index (χ0v) is 15.0. The molecule has 2 N–H and O–H groups in total. The predicted octanol–water partition coefficient (Wildman–Crippen LogP) is 3.80. The Morgan fingerprint density at radius 1 is 1.16 bits per heavy atom. The van der Waals surface area contributed by atoms with Crippen molar-refractivity contribution >= 4 is 5.91 Å². The second kappa shape index (κ2) is 6.30. The van der Waals surface area contributed by atoms with Crippen LogP contribution in [0.1, 0.15) is 60.8 Å². The van der Waals surface area contributed by atoms with Crippen molar-refractivity contribution in [3.8, 4) is 0 Å².